The Balaban J connectivity index is 2.19. The van der Waals surface area contributed by atoms with E-state index in [1.807, 2.05) is 19.9 Å². The summed E-state index contributed by atoms with van der Waals surface area (Å²) in [4.78, 5) is 26.4. The van der Waals surface area contributed by atoms with E-state index in [0.717, 1.165) is 25.7 Å². The predicted molar refractivity (Wildman–Crippen MR) is 115 cm³/mol. The quantitative estimate of drug-likeness (QED) is 0.233. The molecule has 1 fully saturated rings. The maximum absolute atomic E-state index is 12.5. The third-order valence-corrected chi connectivity index (χ3v) is 5.55. The van der Waals surface area contributed by atoms with Crippen LogP contribution in [-0.2, 0) is 20.7 Å². The Morgan fingerprint density at radius 1 is 1.27 bits per heavy atom. The summed E-state index contributed by atoms with van der Waals surface area (Å²) >= 11 is 0. The van der Waals surface area contributed by atoms with E-state index in [1.54, 1.807) is 11.0 Å². The van der Waals surface area contributed by atoms with Gasteiger partial charge in [0.05, 0.1) is 12.1 Å². The number of phenols is 1. The van der Waals surface area contributed by atoms with Crippen LogP contribution in [0.3, 0.4) is 0 Å². The zero-order chi connectivity index (χ0) is 22.3. The van der Waals surface area contributed by atoms with Crippen molar-refractivity contribution >= 4 is 23.6 Å². The number of phenolic OH excluding ortho intramolecular Hbond substituents is 1. The molecule has 7 nitrogen and oxygen atoms in total. The molecule has 0 atom stereocenters. The van der Waals surface area contributed by atoms with Gasteiger partial charge in [-0.2, -0.15) is 5.26 Å². The minimum absolute atomic E-state index is 0.0337. The fourth-order valence-electron chi connectivity index (χ4n) is 3.68. The van der Waals surface area contributed by atoms with Crippen molar-refractivity contribution in [3.05, 3.63) is 28.8 Å². The second-order valence-electron chi connectivity index (χ2n) is 7.81. The lowest BCUT2D eigenvalue weighted by Gasteiger charge is -2.26. The third-order valence-electron chi connectivity index (χ3n) is 5.55. The zero-order valence-corrected chi connectivity index (χ0v) is 18.0. The van der Waals surface area contributed by atoms with Crippen molar-refractivity contribution < 1.29 is 19.4 Å². The molecule has 0 bridgehead atoms. The number of amides is 1. The molecule has 2 rings (SSSR count). The highest BCUT2D eigenvalue weighted by Crippen LogP contribution is 2.30. The largest absolute Gasteiger partial charge is 0.505 e. The van der Waals surface area contributed by atoms with Crippen molar-refractivity contribution in [2.24, 2.45) is 5.92 Å². The molecule has 0 radical (unpaired) electrons. The molecule has 1 aliphatic rings. The highest BCUT2D eigenvalue weighted by atomic mass is 16.5. The Morgan fingerprint density at radius 2 is 1.90 bits per heavy atom. The van der Waals surface area contributed by atoms with E-state index in [1.165, 1.54) is 12.1 Å². The van der Waals surface area contributed by atoms with Gasteiger partial charge in [-0.05, 0) is 69.2 Å². The average molecular weight is 414 g/mol. The summed E-state index contributed by atoms with van der Waals surface area (Å²) in [5.74, 6) is -0.331. The number of nitrogens with zero attached hydrogens (tertiary/aromatic N) is 2. The molecule has 1 aliphatic carbocycles. The molecule has 0 spiro atoms. The molecular formula is C23H31N3O4. The monoisotopic (exact) mass is 413 g/mol. The van der Waals surface area contributed by atoms with E-state index in [-0.39, 0.29) is 35.4 Å². The van der Waals surface area contributed by atoms with Gasteiger partial charge < -0.3 is 20.5 Å². The first-order valence-corrected chi connectivity index (χ1v) is 10.5. The van der Waals surface area contributed by atoms with Gasteiger partial charge in [0.25, 0.3) is 5.91 Å². The number of esters is 1. The summed E-state index contributed by atoms with van der Waals surface area (Å²) in [5, 5.41) is 19.7. The highest BCUT2D eigenvalue weighted by Gasteiger charge is 2.22. The molecule has 7 heteroatoms. The lowest BCUT2D eigenvalue weighted by molar-refractivity contribution is -0.150. The van der Waals surface area contributed by atoms with Crippen molar-refractivity contribution in [1.82, 2.24) is 4.90 Å². The molecule has 162 valence electrons. The lowest BCUT2D eigenvalue weighted by atomic mass is 9.89. The molecule has 3 N–H and O–H groups in total. The number of nitrogens with two attached hydrogens (primary N) is 1. The van der Waals surface area contributed by atoms with E-state index in [9.17, 15) is 20.0 Å². The normalized spacial score (nSPS) is 19.1. The van der Waals surface area contributed by atoms with Crippen molar-refractivity contribution in [1.29, 1.82) is 5.26 Å². The molecule has 1 saturated carbocycles. The fraction of sp³-hybridized carbons (Fsp3) is 0.522. The lowest BCUT2D eigenvalue weighted by Crippen LogP contribution is -2.31. The van der Waals surface area contributed by atoms with Gasteiger partial charge >= 0.3 is 5.97 Å². The Labute approximate surface area is 178 Å². The maximum atomic E-state index is 12.5. The fourth-order valence-corrected chi connectivity index (χ4v) is 3.68. The molecule has 0 heterocycles. The van der Waals surface area contributed by atoms with Gasteiger partial charge in [0, 0.05) is 18.7 Å². The summed E-state index contributed by atoms with van der Waals surface area (Å²) in [5.41, 5.74) is 6.71. The van der Waals surface area contributed by atoms with Crippen molar-refractivity contribution in [3.8, 4) is 11.8 Å². The first-order valence-electron chi connectivity index (χ1n) is 10.5. The van der Waals surface area contributed by atoms with Crippen LogP contribution in [0.4, 0.5) is 5.69 Å². The van der Waals surface area contributed by atoms with Gasteiger partial charge in [0.2, 0.25) is 0 Å². The highest BCUT2D eigenvalue weighted by molar-refractivity contribution is 6.01. The molecule has 0 aliphatic heterocycles. The Kier molecular flexibility index (Phi) is 8.28. The van der Waals surface area contributed by atoms with Crippen LogP contribution in [0.1, 0.15) is 57.6 Å². The van der Waals surface area contributed by atoms with E-state index >= 15 is 0 Å². The SMILES string of the molecule is CCN(CC)C(=O)/C(C#N)=C/c1cc(N)c(O)c(CC(=O)OC2CCC(C)CC2)c1. The zero-order valence-electron chi connectivity index (χ0n) is 18.0. The number of aromatic hydroxyl groups is 1. The molecule has 1 amide bonds. The minimum Gasteiger partial charge on any atom is -0.505 e. The first kappa shape index (κ1) is 23.3. The summed E-state index contributed by atoms with van der Waals surface area (Å²) in [6.07, 6.45) is 4.98. The maximum Gasteiger partial charge on any atom is 0.310 e. The number of nitriles is 1. The van der Waals surface area contributed by atoms with Crippen LogP contribution >= 0.6 is 0 Å². The number of anilines is 1. The van der Waals surface area contributed by atoms with E-state index in [2.05, 4.69) is 6.92 Å². The van der Waals surface area contributed by atoms with Gasteiger partial charge in [0.1, 0.15) is 23.5 Å². The number of likely N-dealkylation sites (N-methyl/N-ethyl adjacent to an activating group) is 1. The second-order valence-corrected chi connectivity index (χ2v) is 7.81. The Morgan fingerprint density at radius 3 is 2.47 bits per heavy atom. The van der Waals surface area contributed by atoms with Crippen LogP contribution < -0.4 is 5.73 Å². The Bertz CT molecular complexity index is 845. The van der Waals surface area contributed by atoms with Crippen LogP contribution in [0.25, 0.3) is 6.08 Å². The average Bonchev–Trinajstić information content (AvgIpc) is 2.72. The summed E-state index contributed by atoms with van der Waals surface area (Å²) in [7, 11) is 0. The summed E-state index contributed by atoms with van der Waals surface area (Å²) in [6, 6.07) is 4.96. The van der Waals surface area contributed by atoms with Gasteiger partial charge in [-0.3, -0.25) is 9.59 Å². The van der Waals surface area contributed by atoms with Crippen LogP contribution in [0.15, 0.2) is 17.7 Å². The second kappa shape index (κ2) is 10.7. The van der Waals surface area contributed by atoms with E-state index in [0.29, 0.717) is 30.1 Å². The molecule has 0 saturated heterocycles. The van der Waals surface area contributed by atoms with Gasteiger partial charge in [-0.1, -0.05) is 6.92 Å². The molecular weight excluding hydrogens is 382 g/mol. The van der Waals surface area contributed by atoms with E-state index in [4.69, 9.17) is 10.5 Å². The first-order chi connectivity index (χ1) is 14.3. The molecule has 30 heavy (non-hydrogen) atoms. The number of rotatable bonds is 7. The number of hydrogen-bond acceptors (Lipinski definition) is 6. The topological polar surface area (TPSA) is 117 Å². The molecule has 1 aromatic rings. The third kappa shape index (κ3) is 5.99. The van der Waals surface area contributed by atoms with Crippen LogP contribution in [0, 0.1) is 17.2 Å². The van der Waals surface area contributed by atoms with Crippen LogP contribution in [-0.4, -0.2) is 41.1 Å². The van der Waals surface area contributed by atoms with E-state index < -0.39 is 5.97 Å². The smallest absolute Gasteiger partial charge is 0.310 e. The van der Waals surface area contributed by atoms with Crippen molar-refractivity contribution in [2.75, 3.05) is 18.8 Å². The van der Waals surface area contributed by atoms with Gasteiger partial charge in [0.15, 0.2) is 0 Å². The number of carbonyl (C=O) groups is 2. The number of hydrogen-bond donors (Lipinski definition) is 2. The molecule has 0 unspecified atom stereocenters. The minimum atomic E-state index is -0.426. The van der Waals surface area contributed by atoms with Crippen molar-refractivity contribution in [2.45, 2.75) is 59.0 Å². The molecule has 1 aromatic carbocycles. The van der Waals surface area contributed by atoms with Crippen molar-refractivity contribution in [3.63, 3.8) is 0 Å². The number of nitrogen functional groups attached to an aromatic ring is 1. The number of ether oxygens (including phenoxy) is 1. The summed E-state index contributed by atoms with van der Waals surface area (Å²) in [6.45, 7) is 6.85. The standard InChI is InChI=1S/C23H31N3O4/c1-4-26(5-2)23(29)18(14-24)11-16-10-17(22(28)20(25)12-16)13-21(27)30-19-8-6-15(3)7-9-19/h10-12,15,19,28H,4-9,13,25H2,1-3H3/b18-11+. The van der Waals surface area contributed by atoms with Crippen LogP contribution in [0.5, 0.6) is 5.75 Å². The van der Waals surface area contributed by atoms with Gasteiger partial charge in [-0.15, -0.1) is 0 Å². The Hall–Kier alpha value is -3.01. The number of benzene rings is 1. The summed E-state index contributed by atoms with van der Waals surface area (Å²) < 4.78 is 5.56. The predicted octanol–water partition coefficient (Wildman–Crippen LogP) is 3.41. The van der Waals surface area contributed by atoms with Gasteiger partial charge in [-0.25, -0.2) is 0 Å². The number of carbonyl (C=O) groups excluding carboxylic acids is 2. The van der Waals surface area contributed by atoms with Crippen LogP contribution in [0.2, 0.25) is 0 Å². The molecule has 0 aromatic heterocycles.